The minimum Gasteiger partial charge on any atom is -0.486 e. The van der Waals surface area contributed by atoms with Gasteiger partial charge >= 0.3 is 0 Å². The summed E-state index contributed by atoms with van der Waals surface area (Å²) in [7, 11) is 0. The van der Waals surface area contributed by atoms with Crippen LogP contribution in [0.1, 0.15) is 23.4 Å². The van der Waals surface area contributed by atoms with Crippen LogP contribution in [0.4, 0.5) is 5.13 Å². The average molecular weight is 413 g/mol. The summed E-state index contributed by atoms with van der Waals surface area (Å²) in [5.74, 6) is 1.37. The van der Waals surface area contributed by atoms with Gasteiger partial charge in [-0.15, -0.1) is 0 Å². The Bertz CT molecular complexity index is 1010. The van der Waals surface area contributed by atoms with Gasteiger partial charge in [-0.25, -0.2) is 4.98 Å². The highest BCUT2D eigenvalue weighted by molar-refractivity contribution is 7.22. The summed E-state index contributed by atoms with van der Waals surface area (Å²) in [6.45, 7) is 2.10. The van der Waals surface area contributed by atoms with E-state index in [0.717, 1.165) is 10.2 Å². The highest BCUT2D eigenvalue weighted by atomic mass is 32.1. The van der Waals surface area contributed by atoms with Crippen molar-refractivity contribution in [3.05, 3.63) is 36.3 Å². The molecule has 1 saturated heterocycles. The van der Waals surface area contributed by atoms with Gasteiger partial charge in [0.1, 0.15) is 13.2 Å². The number of ether oxygens (including phenoxy) is 2. The molecule has 1 fully saturated rings. The largest absolute Gasteiger partial charge is 0.486 e. The number of furan rings is 1. The molecule has 150 valence electrons. The molecule has 2 aromatic heterocycles. The third-order valence-electron chi connectivity index (χ3n) is 5.17. The minimum absolute atomic E-state index is 0.0635. The summed E-state index contributed by atoms with van der Waals surface area (Å²) in [6.07, 6.45) is 2.71. The van der Waals surface area contributed by atoms with Crippen molar-refractivity contribution in [1.82, 2.24) is 9.88 Å². The maximum atomic E-state index is 12.7. The number of carbonyl (C=O) groups excluding carboxylic acids is 2. The molecule has 5 rings (SSSR count). The predicted molar refractivity (Wildman–Crippen MR) is 107 cm³/mol. The van der Waals surface area contributed by atoms with Gasteiger partial charge in [0.2, 0.25) is 5.91 Å². The normalized spacial score (nSPS) is 16.8. The fraction of sp³-hybridized carbons (Fsp3) is 0.350. The van der Waals surface area contributed by atoms with Crippen molar-refractivity contribution in [2.24, 2.45) is 5.92 Å². The summed E-state index contributed by atoms with van der Waals surface area (Å²) < 4.78 is 17.3. The van der Waals surface area contributed by atoms with E-state index in [-0.39, 0.29) is 17.7 Å². The van der Waals surface area contributed by atoms with Gasteiger partial charge < -0.3 is 24.1 Å². The number of fused-ring (bicyclic) bond motifs is 2. The molecule has 0 spiro atoms. The van der Waals surface area contributed by atoms with Crippen LogP contribution in [0.3, 0.4) is 0 Å². The van der Waals surface area contributed by atoms with E-state index >= 15 is 0 Å². The van der Waals surface area contributed by atoms with Crippen LogP contribution in [0, 0.1) is 5.92 Å². The molecule has 0 unspecified atom stereocenters. The molecule has 2 amide bonds. The van der Waals surface area contributed by atoms with E-state index in [1.54, 1.807) is 17.0 Å². The maximum Gasteiger partial charge on any atom is 0.289 e. The van der Waals surface area contributed by atoms with Crippen molar-refractivity contribution in [2.75, 3.05) is 31.6 Å². The Balaban J connectivity index is 1.22. The van der Waals surface area contributed by atoms with Gasteiger partial charge in [-0.05, 0) is 25.0 Å². The highest BCUT2D eigenvalue weighted by Crippen LogP contribution is 2.38. The number of likely N-dealkylation sites (tertiary alicyclic amines) is 1. The van der Waals surface area contributed by atoms with Crippen molar-refractivity contribution in [3.63, 3.8) is 0 Å². The van der Waals surface area contributed by atoms with Crippen LogP contribution >= 0.6 is 11.3 Å². The molecule has 3 aromatic rings. The lowest BCUT2D eigenvalue weighted by molar-refractivity contribution is -0.121. The van der Waals surface area contributed by atoms with Crippen LogP contribution in [0.5, 0.6) is 11.5 Å². The number of nitrogens with one attached hydrogen (secondary N) is 1. The van der Waals surface area contributed by atoms with E-state index in [1.165, 1.54) is 17.6 Å². The number of nitrogens with zero attached hydrogens (tertiary/aromatic N) is 2. The molecule has 1 aromatic carbocycles. The second kappa shape index (κ2) is 7.40. The molecule has 9 heteroatoms. The summed E-state index contributed by atoms with van der Waals surface area (Å²) in [6, 6.07) is 7.09. The van der Waals surface area contributed by atoms with Gasteiger partial charge in [-0.3, -0.25) is 9.59 Å². The van der Waals surface area contributed by atoms with Crippen molar-refractivity contribution >= 4 is 38.5 Å². The zero-order chi connectivity index (χ0) is 19.8. The first-order valence-electron chi connectivity index (χ1n) is 9.51. The van der Waals surface area contributed by atoms with Crippen LogP contribution in [-0.2, 0) is 4.79 Å². The summed E-state index contributed by atoms with van der Waals surface area (Å²) in [4.78, 5) is 31.3. The number of benzene rings is 1. The van der Waals surface area contributed by atoms with Gasteiger partial charge in [0.25, 0.3) is 5.91 Å². The first kappa shape index (κ1) is 18.0. The summed E-state index contributed by atoms with van der Waals surface area (Å²) in [5.41, 5.74) is 0.772. The standard InChI is InChI=1S/C20H19N3O5S/c24-18(12-3-5-23(6-4-12)19(25)14-2-1-7-26-14)22-20-21-13-10-15-16(11-17(13)29-20)28-9-8-27-15/h1-2,7,10-12H,3-6,8-9H2,(H,21,22,24). The fourth-order valence-electron chi connectivity index (χ4n) is 3.63. The molecule has 1 N–H and O–H groups in total. The van der Waals surface area contributed by atoms with E-state index in [0.29, 0.717) is 61.5 Å². The Morgan fingerprint density at radius 1 is 1.14 bits per heavy atom. The Morgan fingerprint density at radius 2 is 1.90 bits per heavy atom. The second-order valence-electron chi connectivity index (χ2n) is 7.02. The van der Waals surface area contributed by atoms with Gasteiger partial charge in [0, 0.05) is 31.1 Å². The van der Waals surface area contributed by atoms with Crippen LogP contribution in [-0.4, -0.2) is 48.0 Å². The van der Waals surface area contributed by atoms with E-state index < -0.39 is 0 Å². The minimum atomic E-state index is -0.150. The molecule has 2 aliphatic heterocycles. The number of carbonyl (C=O) groups is 2. The van der Waals surface area contributed by atoms with Crippen molar-refractivity contribution in [2.45, 2.75) is 12.8 Å². The molecule has 0 atom stereocenters. The third-order valence-corrected chi connectivity index (χ3v) is 6.10. The molecule has 4 heterocycles. The number of anilines is 1. The number of rotatable bonds is 3. The molecule has 29 heavy (non-hydrogen) atoms. The second-order valence-corrected chi connectivity index (χ2v) is 8.05. The number of hydrogen-bond acceptors (Lipinski definition) is 7. The molecular weight excluding hydrogens is 394 g/mol. The molecule has 8 nitrogen and oxygen atoms in total. The average Bonchev–Trinajstić information content (AvgIpc) is 3.41. The summed E-state index contributed by atoms with van der Waals surface area (Å²) in [5, 5.41) is 3.49. The molecule has 2 aliphatic rings. The molecule has 0 saturated carbocycles. The Labute approximate surface area is 170 Å². The number of aromatic nitrogens is 1. The van der Waals surface area contributed by atoms with Gasteiger partial charge in [-0.1, -0.05) is 11.3 Å². The number of thiazole rings is 1. The van der Waals surface area contributed by atoms with Crippen LogP contribution in [0.25, 0.3) is 10.2 Å². The number of piperidine rings is 1. The predicted octanol–water partition coefficient (Wildman–Crippen LogP) is 3.15. The van der Waals surface area contributed by atoms with Crippen molar-refractivity contribution < 1.29 is 23.5 Å². The van der Waals surface area contributed by atoms with E-state index in [2.05, 4.69) is 10.3 Å². The lowest BCUT2D eigenvalue weighted by atomic mass is 9.96. The maximum absolute atomic E-state index is 12.7. The Morgan fingerprint density at radius 3 is 2.62 bits per heavy atom. The van der Waals surface area contributed by atoms with Gasteiger partial charge in [0.15, 0.2) is 22.4 Å². The first-order valence-corrected chi connectivity index (χ1v) is 10.3. The fourth-order valence-corrected chi connectivity index (χ4v) is 4.51. The topological polar surface area (TPSA) is 93.9 Å². The SMILES string of the molecule is O=C(Nc1nc2cc3c(cc2s1)OCCO3)C1CCN(C(=O)c2ccco2)CC1. The van der Waals surface area contributed by atoms with E-state index in [4.69, 9.17) is 13.9 Å². The Kier molecular flexibility index (Phi) is 4.59. The lowest BCUT2D eigenvalue weighted by Crippen LogP contribution is -2.41. The first-order chi connectivity index (χ1) is 14.2. The third kappa shape index (κ3) is 3.53. The van der Waals surface area contributed by atoms with E-state index in [9.17, 15) is 9.59 Å². The summed E-state index contributed by atoms with van der Waals surface area (Å²) >= 11 is 1.41. The molecule has 0 radical (unpaired) electrons. The Hall–Kier alpha value is -3.07. The monoisotopic (exact) mass is 413 g/mol. The van der Waals surface area contributed by atoms with Crippen LogP contribution in [0.2, 0.25) is 0 Å². The van der Waals surface area contributed by atoms with Crippen LogP contribution in [0.15, 0.2) is 34.9 Å². The molecule has 0 aliphatic carbocycles. The van der Waals surface area contributed by atoms with Crippen molar-refractivity contribution in [1.29, 1.82) is 0 Å². The molecule has 0 bridgehead atoms. The number of hydrogen-bond donors (Lipinski definition) is 1. The van der Waals surface area contributed by atoms with Gasteiger partial charge in [-0.2, -0.15) is 0 Å². The zero-order valence-corrected chi connectivity index (χ0v) is 16.4. The number of amides is 2. The van der Waals surface area contributed by atoms with Gasteiger partial charge in [0.05, 0.1) is 16.5 Å². The zero-order valence-electron chi connectivity index (χ0n) is 15.6. The smallest absolute Gasteiger partial charge is 0.289 e. The van der Waals surface area contributed by atoms with Crippen molar-refractivity contribution in [3.8, 4) is 11.5 Å². The lowest BCUT2D eigenvalue weighted by Gasteiger charge is -2.30. The van der Waals surface area contributed by atoms with E-state index in [1.807, 2.05) is 12.1 Å². The van der Waals surface area contributed by atoms with Crippen LogP contribution < -0.4 is 14.8 Å². The highest BCUT2D eigenvalue weighted by Gasteiger charge is 2.29. The molecular formula is C20H19N3O5S. The quantitative estimate of drug-likeness (QED) is 0.709.